The highest BCUT2D eigenvalue weighted by Crippen LogP contribution is 2.55. The number of nitrogens with zero attached hydrogens (tertiary/aromatic N) is 2. The third kappa shape index (κ3) is 2.82. The molecule has 0 radical (unpaired) electrons. The van der Waals surface area contributed by atoms with Crippen molar-refractivity contribution in [2.45, 2.75) is 50.6 Å². The second-order valence-corrected chi connectivity index (χ2v) is 8.89. The Morgan fingerprint density at radius 2 is 1.64 bits per heavy atom. The number of hydrogen-bond donors (Lipinski definition) is 1. The Bertz CT molecular complexity index is 811. The van der Waals surface area contributed by atoms with Gasteiger partial charge in [0.15, 0.2) is 0 Å². The first kappa shape index (κ1) is 17.5. The van der Waals surface area contributed by atoms with Gasteiger partial charge in [-0.15, -0.1) is 0 Å². The van der Waals surface area contributed by atoms with E-state index in [4.69, 9.17) is 4.42 Å². The fourth-order valence-electron chi connectivity index (χ4n) is 6.13. The van der Waals surface area contributed by atoms with Gasteiger partial charge in [0, 0.05) is 5.54 Å². The molecule has 0 aromatic carbocycles. The number of imide groups is 2. The van der Waals surface area contributed by atoms with Crippen molar-refractivity contribution in [2.24, 2.45) is 17.8 Å². The average Bonchev–Trinajstić information content (AvgIpc) is 3.19. The normalized spacial score (nSPS) is 33.9. The molecule has 1 aromatic heterocycles. The molecule has 5 aliphatic rings. The molecule has 6 rings (SSSR count). The zero-order valence-electron chi connectivity index (χ0n) is 15.6. The molecule has 4 saturated carbocycles. The third-order valence-electron chi connectivity index (χ3n) is 6.77. The summed E-state index contributed by atoms with van der Waals surface area (Å²) in [4.78, 5) is 51.2. The van der Waals surface area contributed by atoms with Gasteiger partial charge in [-0.25, -0.2) is 14.6 Å². The molecule has 8 nitrogen and oxygen atoms in total. The molecule has 4 bridgehead atoms. The summed E-state index contributed by atoms with van der Waals surface area (Å²) in [6, 6.07) is 2.49. The van der Waals surface area contributed by atoms with Gasteiger partial charge in [0.05, 0.1) is 12.8 Å². The predicted molar refractivity (Wildman–Crippen MR) is 95.4 cm³/mol. The minimum atomic E-state index is -0.961. The summed E-state index contributed by atoms with van der Waals surface area (Å²) in [7, 11) is 0. The van der Waals surface area contributed by atoms with Crippen LogP contribution in [0.3, 0.4) is 0 Å². The molecule has 0 spiro atoms. The van der Waals surface area contributed by atoms with Crippen LogP contribution in [0.5, 0.6) is 0 Å². The van der Waals surface area contributed by atoms with Crippen molar-refractivity contribution in [3.8, 4) is 0 Å². The monoisotopic (exact) mass is 385 g/mol. The van der Waals surface area contributed by atoms with Crippen LogP contribution in [-0.4, -0.2) is 45.6 Å². The van der Waals surface area contributed by atoms with E-state index in [9.17, 15) is 19.2 Å². The van der Waals surface area contributed by atoms with E-state index in [-0.39, 0.29) is 18.0 Å². The maximum absolute atomic E-state index is 12.7. The van der Waals surface area contributed by atoms with Gasteiger partial charge in [-0.3, -0.25) is 14.4 Å². The lowest BCUT2D eigenvalue weighted by Gasteiger charge is -2.56. The molecule has 28 heavy (non-hydrogen) atoms. The van der Waals surface area contributed by atoms with Crippen molar-refractivity contribution in [1.29, 1.82) is 0 Å². The topological polar surface area (TPSA) is 99.9 Å². The van der Waals surface area contributed by atoms with Crippen molar-refractivity contribution in [1.82, 2.24) is 15.1 Å². The summed E-state index contributed by atoms with van der Waals surface area (Å²) in [5, 5.41) is 3.13. The number of urea groups is 1. The van der Waals surface area contributed by atoms with E-state index in [1.807, 2.05) is 0 Å². The lowest BCUT2D eigenvalue weighted by Crippen LogP contribution is -2.61. The van der Waals surface area contributed by atoms with Crippen molar-refractivity contribution in [2.75, 3.05) is 6.54 Å². The second-order valence-electron chi connectivity index (χ2n) is 8.89. The standard InChI is InChI=1S/C20H23N3O5/c24-16(21-20-7-12-4-13(8-20)6-14(5-12)9-20)11-23-18(26)17(25)22(19(23)27)10-15-2-1-3-28-15/h1-3,12-14H,4-11H2,(H,21,24). The summed E-state index contributed by atoms with van der Waals surface area (Å²) in [5.74, 6) is 0.165. The number of nitrogens with one attached hydrogen (secondary N) is 1. The van der Waals surface area contributed by atoms with Crippen LogP contribution >= 0.6 is 0 Å². The molecule has 0 unspecified atom stereocenters. The minimum absolute atomic E-state index is 0.122. The van der Waals surface area contributed by atoms with Crippen LogP contribution < -0.4 is 5.32 Å². The van der Waals surface area contributed by atoms with Gasteiger partial charge in [-0.1, -0.05) is 0 Å². The molecule has 1 aliphatic heterocycles. The van der Waals surface area contributed by atoms with Crippen LogP contribution in [0.15, 0.2) is 22.8 Å². The molecule has 5 amide bonds. The van der Waals surface area contributed by atoms with E-state index >= 15 is 0 Å². The molecular weight excluding hydrogens is 362 g/mol. The van der Waals surface area contributed by atoms with E-state index in [1.54, 1.807) is 12.1 Å². The Hall–Kier alpha value is -2.64. The Morgan fingerprint density at radius 3 is 2.21 bits per heavy atom. The fourth-order valence-corrected chi connectivity index (χ4v) is 6.13. The smallest absolute Gasteiger partial charge is 0.335 e. The SMILES string of the molecule is O=C(CN1C(=O)C(=O)N(Cc2ccco2)C1=O)NC12CC3CC(CC(C3)C1)C2. The number of amides is 5. The Kier molecular flexibility index (Phi) is 3.86. The Morgan fingerprint density at radius 1 is 1.04 bits per heavy atom. The summed E-state index contributed by atoms with van der Waals surface area (Å²) in [5.41, 5.74) is -0.199. The molecule has 5 fully saturated rings. The molecule has 1 N–H and O–H groups in total. The average molecular weight is 385 g/mol. The highest BCUT2D eigenvalue weighted by molar-refractivity contribution is 6.44. The molecule has 8 heteroatoms. The van der Waals surface area contributed by atoms with Gasteiger partial charge in [-0.2, -0.15) is 0 Å². The number of furan rings is 1. The van der Waals surface area contributed by atoms with E-state index in [0.29, 0.717) is 23.5 Å². The summed E-state index contributed by atoms with van der Waals surface area (Å²) in [6.07, 6.45) is 8.15. The van der Waals surface area contributed by atoms with Crippen LogP contribution in [0.2, 0.25) is 0 Å². The number of rotatable bonds is 5. The first-order valence-corrected chi connectivity index (χ1v) is 9.93. The first-order valence-electron chi connectivity index (χ1n) is 9.93. The number of carbonyl (C=O) groups is 4. The highest BCUT2D eigenvalue weighted by Gasteiger charge is 2.52. The first-order chi connectivity index (χ1) is 13.4. The van der Waals surface area contributed by atoms with Gasteiger partial charge >= 0.3 is 17.8 Å². The molecule has 0 atom stereocenters. The maximum atomic E-state index is 12.7. The molecule has 4 aliphatic carbocycles. The highest BCUT2D eigenvalue weighted by atomic mass is 16.3. The fraction of sp³-hybridized carbons (Fsp3) is 0.600. The van der Waals surface area contributed by atoms with Crippen molar-refractivity contribution < 1.29 is 23.6 Å². The predicted octanol–water partition coefficient (Wildman–Crippen LogP) is 1.66. The molecule has 2 heterocycles. The van der Waals surface area contributed by atoms with Crippen molar-refractivity contribution >= 4 is 23.8 Å². The van der Waals surface area contributed by atoms with Gasteiger partial charge in [0.1, 0.15) is 12.3 Å². The van der Waals surface area contributed by atoms with Gasteiger partial charge in [0.2, 0.25) is 5.91 Å². The van der Waals surface area contributed by atoms with Gasteiger partial charge in [0.25, 0.3) is 0 Å². The zero-order valence-corrected chi connectivity index (χ0v) is 15.6. The Balaban J connectivity index is 1.25. The molecular formula is C20H23N3O5. The van der Waals surface area contributed by atoms with Crippen LogP contribution in [-0.2, 0) is 20.9 Å². The molecule has 148 valence electrons. The summed E-state index contributed by atoms with van der Waals surface area (Å²) < 4.78 is 5.15. The van der Waals surface area contributed by atoms with E-state index in [1.165, 1.54) is 25.5 Å². The van der Waals surface area contributed by atoms with E-state index in [0.717, 1.165) is 29.1 Å². The third-order valence-corrected chi connectivity index (χ3v) is 6.77. The van der Waals surface area contributed by atoms with E-state index in [2.05, 4.69) is 5.32 Å². The van der Waals surface area contributed by atoms with Gasteiger partial charge < -0.3 is 9.73 Å². The zero-order chi connectivity index (χ0) is 19.5. The van der Waals surface area contributed by atoms with Crippen LogP contribution in [0, 0.1) is 17.8 Å². The van der Waals surface area contributed by atoms with E-state index < -0.39 is 24.4 Å². The molecule has 1 aromatic rings. The lowest BCUT2D eigenvalue weighted by atomic mass is 9.53. The summed E-state index contributed by atoms with van der Waals surface area (Å²) in [6.45, 7) is -0.538. The minimum Gasteiger partial charge on any atom is -0.467 e. The maximum Gasteiger partial charge on any atom is 0.335 e. The quantitative estimate of drug-likeness (QED) is 0.614. The van der Waals surface area contributed by atoms with Crippen LogP contribution in [0.1, 0.15) is 44.3 Å². The van der Waals surface area contributed by atoms with Crippen LogP contribution in [0.25, 0.3) is 0 Å². The van der Waals surface area contributed by atoms with Crippen LogP contribution in [0.4, 0.5) is 4.79 Å². The number of hydrogen-bond acceptors (Lipinski definition) is 5. The molecule has 1 saturated heterocycles. The van der Waals surface area contributed by atoms with Crippen molar-refractivity contribution in [3.05, 3.63) is 24.2 Å². The summed E-state index contributed by atoms with van der Waals surface area (Å²) >= 11 is 0. The number of carbonyl (C=O) groups excluding carboxylic acids is 4. The van der Waals surface area contributed by atoms with Gasteiger partial charge in [-0.05, 0) is 68.4 Å². The Labute approximate surface area is 162 Å². The largest absolute Gasteiger partial charge is 0.467 e. The second kappa shape index (κ2) is 6.18. The lowest BCUT2D eigenvalue weighted by molar-refractivity contribution is -0.144. The van der Waals surface area contributed by atoms with Crippen molar-refractivity contribution in [3.63, 3.8) is 0 Å².